The highest BCUT2D eigenvalue weighted by Gasteiger charge is 2.42. The molecule has 2 unspecified atom stereocenters. The Morgan fingerprint density at radius 3 is 2.45 bits per heavy atom. The average molecular weight is 421 g/mol. The van der Waals surface area contributed by atoms with Crippen molar-refractivity contribution < 1.29 is 14.3 Å². The van der Waals surface area contributed by atoms with E-state index in [1.165, 1.54) is 5.69 Å². The van der Waals surface area contributed by atoms with Crippen LogP contribution >= 0.6 is 0 Å². The first-order chi connectivity index (χ1) is 15.1. The molecule has 1 fully saturated rings. The van der Waals surface area contributed by atoms with Gasteiger partial charge in [-0.15, -0.1) is 0 Å². The highest BCUT2D eigenvalue weighted by atomic mass is 16.5. The van der Waals surface area contributed by atoms with Gasteiger partial charge < -0.3 is 14.5 Å². The van der Waals surface area contributed by atoms with Gasteiger partial charge in [0.05, 0.1) is 6.61 Å². The van der Waals surface area contributed by atoms with E-state index < -0.39 is 17.9 Å². The summed E-state index contributed by atoms with van der Waals surface area (Å²) in [7, 11) is 0. The minimum atomic E-state index is -0.990. The van der Waals surface area contributed by atoms with E-state index in [0.717, 1.165) is 37.3 Å². The number of piperazine rings is 1. The van der Waals surface area contributed by atoms with Crippen LogP contribution in [0.3, 0.4) is 0 Å². The lowest BCUT2D eigenvalue weighted by Crippen LogP contribution is -2.57. The molecule has 1 amide bonds. The number of carbonyl (C=O) groups excluding carboxylic acids is 2. The van der Waals surface area contributed by atoms with Gasteiger partial charge in [0.25, 0.3) is 0 Å². The van der Waals surface area contributed by atoms with Crippen LogP contribution in [0.5, 0.6) is 0 Å². The minimum absolute atomic E-state index is 0.223. The summed E-state index contributed by atoms with van der Waals surface area (Å²) < 4.78 is 5.19. The largest absolute Gasteiger partial charge is 0.465 e. The predicted molar refractivity (Wildman–Crippen MR) is 120 cm³/mol. The summed E-state index contributed by atoms with van der Waals surface area (Å²) >= 11 is 0. The molecule has 2 aliphatic rings. The topological polar surface area (TPSA) is 74.2 Å². The molecule has 2 aromatic rings. The molecule has 0 spiro atoms. The number of guanidine groups is 1. The van der Waals surface area contributed by atoms with Gasteiger partial charge in [-0.25, -0.2) is 4.99 Å². The van der Waals surface area contributed by atoms with Gasteiger partial charge in [-0.1, -0.05) is 48.0 Å². The van der Waals surface area contributed by atoms with Crippen LogP contribution in [-0.4, -0.2) is 55.5 Å². The number of aryl methyl sites for hydroxylation is 1. The van der Waals surface area contributed by atoms with Gasteiger partial charge in [0.2, 0.25) is 11.9 Å². The SMILES string of the molecule is CCOC(=O)C1C(=O)NC(N2CCN(c3ccccc3)CC2)=NC1c1cccc(C)c1. The molecule has 31 heavy (non-hydrogen) atoms. The fourth-order valence-electron chi connectivity index (χ4n) is 4.13. The van der Waals surface area contributed by atoms with Crippen molar-refractivity contribution in [3.63, 3.8) is 0 Å². The summed E-state index contributed by atoms with van der Waals surface area (Å²) in [6, 6.07) is 17.5. The van der Waals surface area contributed by atoms with Crippen LogP contribution < -0.4 is 10.2 Å². The summed E-state index contributed by atoms with van der Waals surface area (Å²) in [5.74, 6) is -1.36. The molecular formula is C24H28N4O3. The number of ether oxygens (including phenoxy) is 1. The molecule has 0 bridgehead atoms. The van der Waals surface area contributed by atoms with Crippen LogP contribution in [0.2, 0.25) is 0 Å². The van der Waals surface area contributed by atoms with Crippen molar-refractivity contribution in [2.75, 3.05) is 37.7 Å². The van der Waals surface area contributed by atoms with Gasteiger partial charge in [-0.3, -0.25) is 14.9 Å². The van der Waals surface area contributed by atoms with E-state index in [-0.39, 0.29) is 12.5 Å². The highest BCUT2D eigenvalue weighted by molar-refractivity contribution is 6.08. The number of hydrogen-bond acceptors (Lipinski definition) is 6. The van der Waals surface area contributed by atoms with E-state index in [4.69, 9.17) is 9.73 Å². The number of rotatable bonds is 4. The van der Waals surface area contributed by atoms with Gasteiger partial charge in [-0.05, 0) is 31.5 Å². The van der Waals surface area contributed by atoms with E-state index in [1.807, 2.05) is 49.4 Å². The second kappa shape index (κ2) is 9.20. The molecule has 0 radical (unpaired) electrons. The van der Waals surface area contributed by atoms with E-state index in [2.05, 4.69) is 27.2 Å². The lowest BCUT2D eigenvalue weighted by atomic mass is 9.90. The molecule has 7 nitrogen and oxygen atoms in total. The quantitative estimate of drug-likeness (QED) is 0.608. The van der Waals surface area contributed by atoms with Crippen LogP contribution in [0.15, 0.2) is 59.6 Å². The van der Waals surface area contributed by atoms with Gasteiger partial charge in [-0.2, -0.15) is 0 Å². The number of benzene rings is 2. The van der Waals surface area contributed by atoms with Crippen molar-refractivity contribution in [1.82, 2.24) is 10.2 Å². The Kier molecular flexibility index (Phi) is 6.21. The second-order valence-corrected chi connectivity index (χ2v) is 7.84. The zero-order valence-electron chi connectivity index (χ0n) is 18.0. The maximum atomic E-state index is 13.0. The smallest absolute Gasteiger partial charge is 0.321 e. The molecule has 1 saturated heterocycles. The summed E-state index contributed by atoms with van der Waals surface area (Å²) in [5, 5.41) is 2.86. The Bertz CT molecular complexity index is 968. The maximum absolute atomic E-state index is 13.0. The van der Waals surface area contributed by atoms with Gasteiger partial charge in [0.15, 0.2) is 5.92 Å². The van der Waals surface area contributed by atoms with E-state index in [1.54, 1.807) is 6.92 Å². The van der Waals surface area contributed by atoms with Gasteiger partial charge in [0.1, 0.15) is 6.04 Å². The Hall–Kier alpha value is -3.35. The molecule has 4 rings (SSSR count). The Balaban J connectivity index is 1.57. The molecule has 2 heterocycles. The Morgan fingerprint density at radius 1 is 1.06 bits per heavy atom. The standard InChI is InChI=1S/C24H28N4O3/c1-3-31-23(30)20-21(18-9-7-8-17(2)16-18)25-24(26-22(20)29)28-14-12-27(13-15-28)19-10-5-4-6-11-19/h4-11,16,20-21H,3,12-15H2,1-2H3,(H,25,26,29). The van der Waals surface area contributed by atoms with Crippen LogP contribution in [0.1, 0.15) is 24.1 Å². The predicted octanol–water partition coefficient (Wildman–Crippen LogP) is 2.52. The van der Waals surface area contributed by atoms with Crippen LogP contribution in [-0.2, 0) is 14.3 Å². The zero-order valence-corrected chi connectivity index (χ0v) is 18.0. The lowest BCUT2D eigenvalue weighted by molar-refractivity contribution is -0.153. The number of carbonyl (C=O) groups is 2. The average Bonchev–Trinajstić information content (AvgIpc) is 2.79. The number of hydrogen-bond donors (Lipinski definition) is 1. The first-order valence-electron chi connectivity index (χ1n) is 10.7. The molecule has 0 saturated carbocycles. The number of esters is 1. The molecule has 0 aromatic heterocycles. The fourth-order valence-corrected chi connectivity index (χ4v) is 4.13. The molecule has 7 heteroatoms. The highest BCUT2D eigenvalue weighted by Crippen LogP contribution is 2.31. The maximum Gasteiger partial charge on any atom is 0.321 e. The van der Waals surface area contributed by atoms with Crippen molar-refractivity contribution in [1.29, 1.82) is 0 Å². The van der Waals surface area contributed by atoms with Crippen molar-refractivity contribution in [2.24, 2.45) is 10.9 Å². The number of nitrogens with zero attached hydrogens (tertiary/aromatic N) is 3. The van der Waals surface area contributed by atoms with Crippen molar-refractivity contribution in [3.05, 3.63) is 65.7 Å². The molecular weight excluding hydrogens is 392 g/mol. The molecule has 2 aliphatic heterocycles. The Morgan fingerprint density at radius 2 is 1.77 bits per heavy atom. The van der Waals surface area contributed by atoms with Crippen LogP contribution in [0.4, 0.5) is 5.69 Å². The summed E-state index contributed by atoms with van der Waals surface area (Å²) in [4.78, 5) is 34.8. The first kappa shape index (κ1) is 20.9. The normalized spacial score (nSPS) is 21.4. The molecule has 162 valence electrons. The van der Waals surface area contributed by atoms with Crippen molar-refractivity contribution in [2.45, 2.75) is 19.9 Å². The van der Waals surface area contributed by atoms with Crippen molar-refractivity contribution >= 4 is 23.5 Å². The molecule has 2 atom stereocenters. The molecule has 1 N–H and O–H groups in total. The zero-order chi connectivity index (χ0) is 21.8. The number of amides is 1. The third kappa shape index (κ3) is 4.55. The van der Waals surface area contributed by atoms with Crippen molar-refractivity contribution in [3.8, 4) is 0 Å². The second-order valence-electron chi connectivity index (χ2n) is 7.84. The fraction of sp³-hybridized carbons (Fsp3) is 0.375. The lowest BCUT2D eigenvalue weighted by Gasteiger charge is -2.39. The first-order valence-corrected chi connectivity index (χ1v) is 10.7. The minimum Gasteiger partial charge on any atom is -0.465 e. The monoisotopic (exact) mass is 420 g/mol. The summed E-state index contributed by atoms with van der Waals surface area (Å²) in [6.45, 7) is 7.07. The van der Waals surface area contributed by atoms with Crippen LogP contribution in [0, 0.1) is 12.8 Å². The Labute approximate surface area is 182 Å². The summed E-state index contributed by atoms with van der Waals surface area (Å²) in [6.07, 6.45) is 0. The van der Waals surface area contributed by atoms with Gasteiger partial charge >= 0.3 is 5.97 Å². The molecule has 2 aromatic carbocycles. The summed E-state index contributed by atoms with van der Waals surface area (Å²) in [5.41, 5.74) is 3.09. The van der Waals surface area contributed by atoms with Crippen LogP contribution in [0.25, 0.3) is 0 Å². The number of aliphatic imine (C=N–C) groups is 1. The number of para-hydroxylation sites is 1. The van der Waals surface area contributed by atoms with E-state index >= 15 is 0 Å². The van der Waals surface area contributed by atoms with E-state index in [0.29, 0.717) is 5.96 Å². The number of anilines is 1. The third-order valence-electron chi connectivity index (χ3n) is 5.72. The third-order valence-corrected chi connectivity index (χ3v) is 5.72. The number of nitrogens with one attached hydrogen (secondary N) is 1. The molecule has 0 aliphatic carbocycles. The van der Waals surface area contributed by atoms with E-state index in [9.17, 15) is 9.59 Å². The van der Waals surface area contributed by atoms with Gasteiger partial charge in [0, 0.05) is 31.9 Å².